The van der Waals surface area contributed by atoms with Crippen LogP contribution >= 0.6 is 45.7 Å². The second-order valence-corrected chi connectivity index (χ2v) is 11.0. The van der Waals surface area contributed by atoms with Crippen LogP contribution in [0, 0.1) is 6.92 Å². The number of hydrogen-bond donors (Lipinski definition) is 0. The van der Waals surface area contributed by atoms with Crippen molar-refractivity contribution < 1.29 is 9.59 Å². The van der Waals surface area contributed by atoms with E-state index >= 15 is 0 Å². The summed E-state index contributed by atoms with van der Waals surface area (Å²) in [5, 5.41) is 0. The number of halogens is 2. The Hall–Kier alpha value is -2.18. The van der Waals surface area contributed by atoms with Gasteiger partial charge in [0.25, 0.3) is 5.91 Å². The molecular weight excluding hydrogens is 618 g/mol. The highest BCUT2D eigenvalue weighted by atomic mass is 127. The molecule has 0 spiro atoms. The Balaban J connectivity index is 1.81. The van der Waals surface area contributed by atoms with Gasteiger partial charge in [-0.2, -0.15) is 1.33 Å². The zero-order chi connectivity index (χ0) is 22.0. The molecule has 0 radical (unpaired) electrons. The monoisotopic (exact) mass is 636 g/mol. The maximum atomic E-state index is 13.5. The van der Waals surface area contributed by atoms with E-state index in [0.717, 1.165) is 11.1 Å². The van der Waals surface area contributed by atoms with E-state index in [-0.39, 0.29) is 18.2 Å². The highest BCUT2D eigenvalue weighted by Crippen LogP contribution is 2.31. The number of rotatable bonds is 5. The van der Waals surface area contributed by atoms with Crippen molar-refractivity contribution in [2.24, 2.45) is 4.99 Å². The van der Waals surface area contributed by atoms with Gasteiger partial charge in [0.1, 0.15) is 0 Å². The Kier molecular flexibility index (Phi) is 6.77. The minimum Gasteiger partial charge on any atom is -0.301 e. The lowest BCUT2D eigenvalue weighted by Gasteiger charge is -2.25. The highest BCUT2D eigenvalue weighted by Gasteiger charge is 2.35. The molecule has 3 aromatic rings. The molecule has 0 aliphatic carbocycles. The first-order valence-corrected chi connectivity index (χ1v) is 11.5. The van der Waals surface area contributed by atoms with E-state index < -0.39 is 6.17 Å². The van der Waals surface area contributed by atoms with Crippen LogP contribution < -0.4 is 4.90 Å². The molecule has 0 bridgehead atoms. The number of ketones is 1. The Labute approximate surface area is 208 Å². The van der Waals surface area contributed by atoms with Gasteiger partial charge in [-0.25, -0.2) is 0 Å². The maximum Gasteiger partial charge on any atom is 0.268 e. The van der Waals surface area contributed by atoms with Crippen molar-refractivity contribution in [2.75, 3.05) is 11.4 Å². The Morgan fingerprint density at radius 2 is 1.74 bits per heavy atom. The maximum absolute atomic E-state index is 13.5. The molecule has 156 valence electrons. The minimum atomic E-state index is -0.795. The van der Waals surface area contributed by atoms with Crippen molar-refractivity contribution in [3.63, 3.8) is 0 Å². The SMILES string of the molecule is Cc1ccc(C(=O)CN2C(=O)C(N(I)I)N=C(c3ccccn3)c3ccccc32)cc1. The molecular formula is C23H18I2N4O2. The molecule has 1 unspecified atom stereocenters. The number of benzodiazepines with no additional fused rings is 1. The van der Waals surface area contributed by atoms with Gasteiger partial charge in [-0.3, -0.25) is 19.6 Å². The molecule has 0 saturated carbocycles. The summed E-state index contributed by atoms with van der Waals surface area (Å²) in [6.07, 6.45) is 0.906. The van der Waals surface area contributed by atoms with Gasteiger partial charge in [0.2, 0.25) is 0 Å². The van der Waals surface area contributed by atoms with Crippen LogP contribution in [-0.2, 0) is 4.79 Å². The van der Waals surface area contributed by atoms with Crippen molar-refractivity contribution in [3.8, 4) is 0 Å². The number of anilines is 1. The fourth-order valence-corrected chi connectivity index (χ4v) is 4.11. The third-order valence-electron chi connectivity index (χ3n) is 4.96. The lowest BCUT2D eigenvalue weighted by Crippen LogP contribution is -2.44. The number of nitrogens with zero attached hydrogens (tertiary/aromatic N) is 4. The predicted octanol–water partition coefficient (Wildman–Crippen LogP) is 4.79. The van der Waals surface area contributed by atoms with Crippen LogP contribution in [0.1, 0.15) is 27.2 Å². The minimum absolute atomic E-state index is 0.0679. The van der Waals surface area contributed by atoms with E-state index in [0.29, 0.717) is 22.7 Å². The van der Waals surface area contributed by atoms with E-state index in [1.807, 2.05) is 107 Å². The number of aryl methyl sites for hydroxylation is 1. The average molecular weight is 636 g/mol. The second kappa shape index (κ2) is 9.53. The second-order valence-electron chi connectivity index (χ2n) is 7.06. The summed E-state index contributed by atoms with van der Waals surface area (Å²) in [7, 11) is 0. The number of Topliss-reactive ketones (excluding diaryl/α,β-unsaturated/α-hetero) is 1. The van der Waals surface area contributed by atoms with Crippen molar-refractivity contribution in [1.29, 1.82) is 0 Å². The third-order valence-corrected chi connectivity index (χ3v) is 6.01. The molecule has 0 fully saturated rings. The molecule has 4 rings (SSSR count). The highest BCUT2D eigenvalue weighted by molar-refractivity contribution is 14.2. The molecule has 0 saturated heterocycles. The summed E-state index contributed by atoms with van der Waals surface area (Å²) in [6.45, 7) is 1.90. The first-order chi connectivity index (χ1) is 15.0. The number of fused-ring (bicyclic) bond motifs is 1. The van der Waals surface area contributed by atoms with Gasteiger partial charge in [-0.15, -0.1) is 0 Å². The van der Waals surface area contributed by atoms with Crippen LogP contribution in [0.15, 0.2) is 77.9 Å². The zero-order valence-electron chi connectivity index (χ0n) is 16.6. The smallest absolute Gasteiger partial charge is 0.268 e. The molecule has 8 heteroatoms. The number of pyridine rings is 1. The lowest BCUT2D eigenvalue weighted by atomic mass is 10.0. The van der Waals surface area contributed by atoms with Gasteiger partial charge in [-0.1, -0.05) is 54.1 Å². The van der Waals surface area contributed by atoms with Gasteiger partial charge in [0.05, 0.1) is 23.6 Å². The molecule has 2 aromatic carbocycles. The van der Waals surface area contributed by atoms with E-state index in [4.69, 9.17) is 4.99 Å². The molecule has 31 heavy (non-hydrogen) atoms. The van der Waals surface area contributed by atoms with E-state index in [1.54, 1.807) is 19.7 Å². The van der Waals surface area contributed by atoms with Crippen LogP contribution in [0.5, 0.6) is 0 Å². The topological polar surface area (TPSA) is 65.9 Å². The number of hydrogen-bond acceptors (Lipinski definition) is 5. The number of carbonyl (C=O) groups is 2. The predicted molar refractivity (Wildman–Crippen MR) is 138 cm³/mol. The lowest BCUT2D eigenvalue weighted by molar-refractivity contribution is -0.120. The van der Waals surface area contributed by atoms with Gasteiger partial charge < -0.3 is 4.90 Å². The van der Waals surface area contributed by atoms with Crippen LogP contribution in [-0.4, -0.2) is 36.4 Å². The van der Waals surface area contributed by atoms with Crippen LogP contribution in [0.25, 0.3) is 0 Å². The molecule has 2 heterocycles. The summed E-state index contributed by atoms with van der Waals surface area (Å²) in [5.41, 5.74) is 4.36. The summed E-state index contributed by atoms with van der Waals surface area (Å²) in [6, 6.07) is 20.5. The van der Waals surface area contributed by atoms with Gasteiger partial charge >= 0.3 is 0 Å². The summed E-state index contributed by atoms with van der Waals surface area (Å²) < 4.78 is 1.69. The van der Waals surface area contributed by atoms with E-state index in [9.17, 15) is 9.59 Å². The number of amides is 1. The summed E-state index contributed by atoms with van der Waals surface area (Å²) in [5.74, 6) is -0.390. The van der Waals surface area contributed by atoms with Crippen LogP contribution in [0.2, 0.25) is 0 Å². The Morgan fingerprint density at radius 1 is 1.03 bits per heavy atom. The average Bonchev–Trinajstić information content (AvgIpc) is 2.90. The molecule has 0 N–H and O–H groups in total. The number of aliphatic imine (C=N–C) groups is 1. The van der Waals surface area contributed by atoms with E-state index in [2.05, 4.69) is 4.98 Å². The number of carbonyl (C=O) groups excluding carboxylic acids is 2. The Bertz CT molecular complexity index is 1150. The molecule has 6 nitrogen and oxygen atoms in total. The van der Waals surface area contributed by atoms with Gasteiger partial charge in [-0.05, 0) is 25.1 Å². The Morgan fingerprint density at radius 3 is 2.42 bits per heavy atom. The fraction of sp³-hybridized carbons (Fsp3) is 0.130. The molecule has 1 aliphatic heterocycles. The number of para-hydroxylation sites is 1. The molecule has 1 atom stereocenters. The fourth-order valence-electron chi connectivity index (χ4n) is 3.39. The normalized spacial score (nSPS) is 16.0. The van der Waals surface area contributed by atoms with Crippen molar-refractivity contribution in [2.45, 2.75) is 13.1 Å². The van der Waals surface area contributed by atoms with Crippen LogP contribution in [0.3, 0.4) is 0 Å². The molecule has 1 aliphatic rings. The standard InChI is InChI=1S/C23H18I2N4O2/c1-15-9-11-16(12-10-15)20(30)14-28-19-8-3-2-6-17(19)21(18-7-4-5-13-26-18)27-22(23(28)31)29(24)25/h2-13,22H,14H2,1H3. The largest absolute Gasteiger partial charge is 0.301 e. The summed E-state index contributed by atoms with van der Waals surface area (Å²) >= 11 is 4.08. The first kappa shape index (κ1) is 22.0. The first-order valence-electron chi connectivity index (χ1n) is 9.56. The van der Waals surface area contributed by atoms with Crippen molar-refractivity contribution in [1.82, 2.24) is 6.31 Å². The van der Waals surface area contributed by atoms with Gasteiger partial charge in [0, 0.05) is 63.1 Å². The van der Waals surface area contributed by atoms with Gasteiger partial charge in [0.15, 0.2) is 11.9 Å². The number of aromatic nitrogens is 1. The van der Waals surface area contributed by atoms with Crippen LogP contribution in [0.4, 0.5) is 5.69 Å². The van der Waals surface area contributed by atoms with E-state index in [1.165, 1.54) is 4.90 Å². The summed E-state index contributed by atoms with van der Waals surface area (Å²) in [4.78, 5) is 37.4. The molecule has 1 amide bonds. The number of benzene rings is 2. The molecule has 1 aromatic heterocycles. The zero-order valence-corrected chi connectivity index (χ0v) is 20.9. The van der Waals surface area contributed by atoms with Crippen molar-refractivity contribution >= 4 is 68.8 Å². The third kappa shape index (κ3) is 4.70. The quantitative estimate of drug-likeness (QED) is 0.230. The van der Waals surface area contributed by atoms with Crippen molar-refractivity contribution in [3.05, 3.63) is 95.3 Å².